The van der Waals surface area contributed by atoms with E-state index in [9.17, 15) is 4.79 Å². The standard InChI is InChI=1S/C19H19N3O3/c1-12-16(13(2)25-21-12)9-19(23)22-10-15(11-22)24-18-8-7-14-5-3-4-6-17(14)20-18/h3-8,15H,9-11H2,1-2H3. The second-order valence-corrected chi connectivity index (χ2v) is 6.36. The fourth-order valence-electron chi connectivity index (χ4n) is 3.02. The Bertz CT molecular complexity index is 909. The molecule has 0 radical (unpaired) electrons. The average Bonchev–Trinajstić information content (AvgIpc) is 2.89. The molecule has 1 aliphatic rings. The summed E-state index contributed by atoms with van der Waals surface area (Å²) in [5.74, 6) is 1.38. The molecule has 2 aromatic heterocycles. The van der Waals surface area contributed by atoms with Gasteiger partial charge in [-0.15, -0.1) is 0 Å². The van der Waals surface area contributed by atoms with Gasteiger partial charge in [0.25, 0.3) is 0 Å². The number of likely N-dealkylation sites (tertiary alicyclic amines) is 1. The van der Waals surface area contributed by atoms with Crippen LogP contribution in [0.1, 0.15) is 17.0 Å². The Labute approximate surface area is 145 Å². The highest BCUT2D eigenvalue weighted by Gasteiger charge is 2.33. The van der Waals surface area contributed by atoms with E-state index in [0.717, 1.165) is 22.2 Å². The number of nitrogens with zero attached hydrogens (tertiary/aromatic N) is 3. The number of hydrogen-bond donors (Lipinski definition) is 0. The van der Waals surface area contributed by atoms with E-state index < -0.39 is 0 Å². The van der Waals surface area contributed by atoms with Gasteiger partial charge in [-0.2, -0.15) is 0 Å². The minimum absolute atomic E-state index is 0.0118. The van der Waals surface area contributed by atoms with Gasteiger partial charge >= 0.3 is 0 Å². The molecule has 6 heteroatoms. The SMILES string of the molecule is Cc1noc(C)c1CC(=O)N1CC(Oc2ccc3ccccc3n2)C1. The predicted octanol–water partition coefficient (Wildman–Crippen LogP) is 2.67. The molecule has 25 heavy (non-hydrogen) atoms. The summed E-state index contributed by atoms with van der Waals surface area (Å²) in [7, 11) is 0. The lowest BCUT2D eigenvalue weighted by atomic mass is 10.1. The molecule has 0 N–H and O–H groups in total. The van der Waals surface area contributed by atoms with Crippen LogP contribution in [0.4, 0.5) is 0 Å². The van der Waals surface area contributed by atoms with Gasteiger partial charge in [-0.05, 0) is 26.0 Å². The molecular weight excluding hydrogens is 318 g/mol. The highest BCUT2D eigenvalue weighted by Crippen LogP contribution is 2.21. The van der Waals surface area contributed by atoms with E-state index in [4.69, 9.17) is 9.26 Å². The van der Waals surface area contributed by atoms with Crippen LogP contribution in [0.15, 0.2) is 40.9 Å². The summed E-state index contributed by atoms with van der Waals surface area (Å²) in [4.78, 5) is 18.6. The van der Waals surface area contributed by atoms with Gasteiger partial charge in [-0.25, -0.2) is 4.98 Å². The number of ether oxygens (including phenoxy) is 1. The van der Waals surface area contributed by atoms with Gasteiger partial charge in [0.2, 0.25) is 11.8 Å². The van der Waals surface area contributed by atoms with Crippen LogP contribution >= 0.6 is 0 Å². The first-order chi connectivity index (χ1) is 12.1. The van der Waals surface area contributed by atoms with Gasteiger partial charge in [0.1, 0.15) is 11.9 Å². The Kier molecular flexibility index (Phi) is 3.87. The number of hydrogen-bond acceptors (Lipinski definition) is 5. The zero-order valence-corrected chi connectivity index (χ0v) is 14.2. The van der Waals surface area contributed by atoms with Gasteiger partial charge in [-0.1, -0.05) is 23.4 Å². The van der Waals surface area contributed by atoms with Crippen molar-refractivity contribution in [2.45, 2.75) is 26.4 Å². The first kappa shape index (κ1) is 15.6. The number of amides is 1. The molecule has 4 rings (SSSR count). The Morgan fingerprint density at radius 3 is 2.80 bits per heavy atom. The van der Waals surface area contributed by atoms with Gasteiger partial charge in [0, 0.05) is 17.0 Å². The molecule has 6 nitrogen and oxygen atoms in total. The zero-order valence-electron chi connectivity index (χ0n) is 14.2. The largest absolute Gasteiger partial charge is 0.471 e. The molecule has 128 valence electrons. The van der Waals surface area contributed by atoms with Crippen LogP contribution in [0.2, 0.25) is 0 Å². The molecule has 0 saturated carbocycles. The Hall–Kier alpha value is -2.89. The molecule has 3 aromatic rings. The summed E-state index contributed by atoms with van der Waals surface area (Å²) >= 11 is 0. The highest BCUT2D eigenvalue weighted by molar-refractivity contribution is 5.80. The smallest absolute Gasteiger partial charge is 0.227 e. The van der Waals surface area contributed by atoms with Crippen LogP contribution in [0.25, 0.3) is 10.9 Å². The van der Waals surface area contributed by atoms with Crippen molar-refractivity contribution in [3.8, 4) is 5.88 Å². The summed E-state index contributed by atoms with van der Waals surface area (Å²) in [5.41, 5.74) is 2.57. The van der Waals surface area contributed by atoms with Crippen molar-refractivity contribution in [1.82, 2.24) is 15.0 Å². The van der Waals surface area contributed by atoms with Crippen LogP contribution in [0, 0.1) is 13.8 Å². The van der Waals surface area contributed by atoms with E-state index in [1.165, 1.54) is 0 Å². The number of fused-ring (bicyclic) bond motifs is 1. The van der Waals surface area contributed by atoms with Gasteiger partial charge in [-0.3, -0.25) is 4.79 Å². The minimum atomic E-state index is -0.0118. The molecule has 1 aromatic carbocycles. The molecule has 0 spiro atoms. The van der Waals surface area contributed by atoms with Gasteiger partial charge < -0.3 is 14.2 Å². The number of rotatable bonds is 4. The van der Waals surface area contributed by atoms with Crippen LogP contribution in [0.5, 0.6) is 5.88 Å². The van der Waals surface area contributed by atoms with Crippen molar-refractivity contribution >= 4 is 16.8 Å². The van der Waals surface area contributed by atoms with E-state index in [1.54, 1.807) is 4.90 Å². The number of benzene rings is 1. The predicted molar refractivity (Wildman–Crippen MR) is 92.4 cm³/mol. The average molecular weight is 337 g/mol. The Balaban J connectivity index is 1.34. The lowest BCUT2D eigenvalue weighted by Gasteiger charge is -2.38. The summed E-state index contributed by atoms with van der Waals surface area (Å²) in [6.07, 6.45) is 0.310. The molecular formula is C19H19N3O3. The molecule has 1 aliphatic heterocycles. The van der Waals surface area contributed by atoms with Crippen LogP contribution in [0.3, 0.4) is 0 Å². The highest BCUT2D eigenvalue weighted by atomic mass is 16.5. The van der Waals surface area contributed by atoms with Gasteiger partial charge in [0.15, 0.2) is 0 Å². The van der Waals surface area contributed by atoms with E-state index in [1.807, 2.05) is 50.2 Å². The van der Waals surface area contributed by atoms with Gasteiger partial charge in [0.05, 0.1) is 30.7 Å². The Morgan fingerprint density at radius 1 is 1.24 bits per heavy atom. The second kappa shape index (κ2) is 6.20. The number of para-hydroxylation sites is 1. The number of aromatic nitrogens is 2. The van der Waals surface area contributed by atoms with Crippen molar-refractivity contribution < 1.29 is 14.1 Å². The molecule has 0 aliphatic carbocycles. The Morgan fingerprint density at radius 2 is 2.04 bits per heavy atom. The first-order valence-corrected chi connectivity index (χ1v) is 8.32. The van der Waals surface area contributed by atoms with E-state index in [2.05, 4.69) is 10.1 Å². The van der Waals surface area contributed by atoms with Crippen LogP contribution in [-0.4, -0.2) is 40.1 Å². The van der Waals surface area contributed by atoms with Crippen molar-refractivity contribution in [2.75, 3.05) is 13.1 Å². The number of carbonyl (C=O) groups excluding carboxylic acids is 1. The van der Waals surface area contributed by atoms with Crippen LogP contribution in [-0.2, 0) is 11.2 Å². The van der Waals surface area contributed by atoms with Crippen molar-refractivity contribution in [3.05, 3.63) is 53.4 Å². The molecule has 1 fully saturated rings. The lowest BCUT2D eigenvalue weighted by molar-refractivity contribution is -0.139. The minimum Gasteiger partial charge on any atom is -0.471 e. The number of pyridine rings is 1. The first-order valence-electron chi connectivity index (χ1n) is 8.32. The summed E-state index contributed by atoms with van der Waals surface area (Å²) in [6.45, 7) is 4.84. The normalized spacial score (nSPS) is 14.6. The summed E-state index contributed by atoms with van der Waals surface area (Å²) in [6, 6.07) is 11.8. The van der Waals surface area contributed by atoms with Crippen molar-refractivity contribution in [1.29, 1.82) is 0 Å². The third-order valence-electron chi connectivity index (χ3n) is 4.57. The number of carbonyl (C=O) groups is 1. The monoisotopic (exact) mass is 337 g/mol. The van der Waals surface area contributed by atoms with E-state index >= 15 is 0 Å². The fourth-order valence-corrected chi connectivity index (χ4v) is 3.02. The van der Waals surface area contributed by atoms with Crippen LogP contribution < -0.4 is 4.74 Å². The van der Waals surface area contributed by atoms with Crippen molar-refractivity contribution in [3.63, 3.8) is 0 Å². The third kappa shape index (κ3) is 3.07. The molecule has 1 saturated heterocycles. The molecule has 3 heterocycles. The molecule has 0 atom stereocenters. The summed E-state index contributed by atoms with van der Waals surface area (Å²) < 4.78 is 11.0. The lowest BCUT2D eigenvalue weighted by Crippen LogP contribution is -2.56. The second-order valence-electron chi connectivity index (χ2n) is 6.36. The van der Waals surface area contributed by atoms with E-state index in [-0.39, 0.29) is 12.0 Å². The van der Waals surface area contributed by atoms with E-state index in [0.29, 0.717) is 31.2 Å². The zero-order chi connectivity index (χ0) is 17.4. The fraction of sp³-hybridized carbons (Fsp3) is 0.316. The quantitative estimate of drug-likeness (QED) is 0.732. The maximum absolute atomic E-state index is 12.4. The molecule has 1 amide bonds. The maximum Gasteiger partial charge on any atom is 0.227 e. The maximum atomic E-state index is 12.4. The topological polar surface area (TPSA) is 68.5 Å². The van der Waals surface area contributed by atoms with Crippen molar-refractivity contribution in [2.24, 2.45) is 0 Å². The molecule has 0 bridgehead atoms. The third-order valence-corrected chi connectivity index (χ3v) is 4.57. The summed E-state index contributed by atoms with van der Waals surface area (Å²) in [5, 5.41) is 4.97. The molecule has 0 unspecified atom stereocenters. The number of aryl methyl sites for hydroxylation is 2.